The van der Waals surface area contributed by atoms with E-state index in [1.54, 1.807) is 0 Å². The van der Waals surface area contributed by atoms with Crippen molar-refractivity contribution < 1.29 is 14.0 Å². The van der Waals surface area contributed by atoms with Gasteiger partial charge in [-0.3, -0.25) is 9.59 Å². The third kappa shape index (κ3) is 6.07. The molecule has 0 aromatic heterocycles. The average Bonchev–Trinajstić information content (AvgIpc) is 2.82. The molecule has 3 aromatic carbocycles. The average molecular weight is 504 g/mol. The topological polar surface area (TPSA) is 46.6 Å². The quantitative estimate of drug-likeness (QED) is 0.227. The second-order valence-corrected chi connectivity index (χ2v) is 26.9. The van der Waals surface area contributed by atoms with Crippen LogP contribution in [-0.2, 0) is 4.43 Å². The molecule has 6 heteroatoms. The number of rotatable bonds is 9. The molecule has 0 saturated heterocycles. The van der Waals surface area contributed by atoms with Crippen LogP contribution < -0.4 is 4.90 Å². The number of hydrogen-bond acceptors (Lipinski definition) is 4. The van der Waals surface area contributed by atoms with Gasteiger partial charge in [0.2, 0.25) is 0 Å². The minimum absolute atomic E-state index is 0.00729. The molecule has 184 valence electrons. The maximum Gasteiger partial charge on any atom is 0.193 e. The summed E-state index contributed by atoms with van der Waals surface area (Å²) >= 11 is 0. The van der Waals surface area contributed by atoms with E-state index in [9.17, 15) is 9.59 Å². The molecule has 0 radical (unpaired) electrons. The Morgan fingerprint density at radius 1 is 0.686 bits per heavy atom. The molecule has 0 N–H and O–H groups in total. The molecule has 0 atom stereocenters. The molecule has 0 unspecified atom stereocenters. The Hall–Kier alpha value is -2.81. The minimum atomic E-state index is -1.96. The lowest BCUT2D eigenvalue weighted by molar-refractivity contribution is 0.0568. The Morgan fingerprint density at radius 3 is 1.57 bits per heavy atom. The van der Waals surface area contributed by atoms with Gasteiger partial charge in [-0.05, 0) is 75.5 Å². The lowest BCUT2D eigenvalue weighted by atomic mass is 9.96. The normalized spacial score (nSPS) is 12.3. The first kappa shape index (κ1) is 26.8. The first-order chi connectivity index (χ1) is 16.2. The second kappa shape index (κ2) is 10.1. The van der Waals surface area contributed by atoms with E-state index in [1.165, 1.54) is 0 Å². The molecule has 0 bridgehead atoms. The van der Waals surface area contributed by atoms with E-state index in [4.69, 9.17) is 4.43 Å². The highest BCUT2D eigenvalue weighted by Gasteiger charge is 2.45. The Bertz CT molecular complexity index is 1180. The fraction of sp³-hybridized carbons (Fsp3) is 0.310. The summed E-state index contributed by atoms with van der Waals surface area (Å²) in [5.74, 6) is 0.0159. The third-order valence-electron chi connectivity index (χ3n) is 6.93. The Kier molecular flexibility index (Phi) is 7.69. The fourth-order valence-corrected chi connectivity index (χ4v) is 7.12. The van der Waals surface area contributed by atoms with Crippen molar-refractivity contribution in [3.63, 3.8) is 0 Å². The Labute approximate surface area is 211 Å². The zero-order valence-corrected chi connectivity index (χ0v) is 24.2. The number of anilines is 2. The van der Waals surface area contributed by atoms with Crippen LogP contribution in [0.4, 0.5) is 11.4 Å². The number of hydrogen-bond donors (Lipinski definition) is 0. The zero-order chi connectivity index (χ0) is 26.0. The molecule has 0 aliphatic heterocycles. The van der Waals surface area contributed by atoms with Crippen LogP contribution >= 0.6 is 0 Å². The number of Topliss-reactive ketones (excluding diaryl/α,β-unsaturated/α-hetero) is 1. The molecule has 4 nitrogen and oxygen atoms in total. The lowest BCUT2D eigenvalue weighted by Gasteiger charge is -2.41. The highest BCUT2D eigenvalue weighted by atomic mass is 29.3. The monoisotopic (exact) mass is 503 g/mol. The van der Waals surface area contributed by atoms with Crippen LogP contribution in [0.25, 0.3) is 0 Å². The van der Waals surface area contributed by atoms with E-state index in [2.05, 4.69) is 32.7 Å². The van der Waals surface area contributed by atoms with Crippen molar-refractivity contribution in [2.75, 3.05) is 11.9 Å². The van der Waals surface area contributed by atoms with E-state index in [0.717, 1.165) is 11.4 Å². The summed E-state index contributed by atoms with van der Waals surface area (Å²) < 4.78 is 6.53. The van der Waals surface area contributed by atoms with Crippen molar-refractivity contribution in [2.45, 2.75) is 52.2 Å². The number of carbonyl (C=O) groups excluding carboxylic acids is 2. The van der Waals surface area contributed by atoms with E-state index in [0.29, 0.717) is 16.7 Å². The number of nitrogens with zero attached hydrogens (tertiary/aromatic N) is 1. The largest absolute Gasteiger partial charge is 0.408 e. The van der Waals surface area contributed by atoms with Crippen molar-refractivity contribution in [3.05, 3.63) is 95.6 Å². The zero-order valence-electron chi connectivity index (χ0n) is 22.2. The van der Waals surface area contributed by atoms with Crippen LogP contribution in [0.5, 0.6) is 0 Å². The molecule has 35 heavy (non-hydrogen) atoms. The van der Waals surface area contributed by atoms with Crippen LogP contribution in [0.3, 0.4) is 0 Å². The van der Waals surface area contributed by atoms with Gasteiger partial charge >= 0.3 is 0 Å². The van der Waals surface area contributed by atoms with Crippen molar-refractivity contribution in [1.82, 2.24) is 0 Å². The van der Waals surface area contributed by atoms with Crippen LogP contribution in [0.15, 0.2) is 78.9 Å². The van der Waals surface area contributed by atoms with E-state index < -0.39 is 21.0 Å². The van der Waals surface area contributed by atoms with Crippen molar-refractivity contribution >= 4 is 38.4 Å². The van der Waals surface area contributed by atoms with E-state index in [1.807, 2.05) is 105 Å². The van der Waals surface area contributed by atoms with Gasteiger partial charge in [-0.15, -0.1) is 0 Å². The molecule has 3 rings (SSSR count). The van der Waals surface area contributed by atoms with Gasteiger partial charge in [-0.2, -0.15) is 0 Å². The van der Waals surface area contributed by atoms with Gasteiger partial charge < -0.3 is 9.33 Å². The maximum atomic E-state index is 13.3. The highest BCUT2D eigenvalue weighted by Crippen LogP contribution is 2.30. The standard InChI is InChI=1S/C29H37NO3Si2/c1-29(2,33-35(7,8)34(4,5)6)28(32)24-16-20-26(21-17-24)30(3)25-18-14-23(15-19-25)27(31)22-12-10-9-11-13-22/h9-21H,1-8H3. The second-order valence-electron chi connectivity index (χ2n) is 11.0. The maximum absolute atomic E-state index is 13.3. The molecular weight excluding hydrogens is 466 g/mol. The van der Waals surface area contributed by atoms with Crippen molar-refractivity contribution in [3.8, 4) is 0 Å². The summed E-state index contributed by atoms with van der Waals surface area (Å²) in [6.07, 6.45) is 0. The minimum Gasteiger partial charge on any atom is -0.408 e. The third-order valence-corrected chi connectivity index (χ3v) is 22.7. The van der Waals surface area contributed by atoms with Gasteiger partial charge in [0.05, 0.1) is 7.59 Å². The number of ketones is 2. The molecule has 0 aliphatic carbocycles. The smallest absolute Gasteiger partial charge is 0.193 e. The first-order valence-electron chi connectivity index (χ1n) is 12.0. The molecule has 0 aliphatic rings. The molecular formula is C29H37NO3Si2. The van der Waals surface area contributed by atoms with E-state index in [-0.39, 0.29) is 11.6 Å². The summed E-state index contributed by atoms with van der Waals surface area (Å²) in [4.78, 5) is 28.0. The predicted octanol–water partition coefficient (Wildman–Crippen LogP) is 7.29. The first-order valence-corrected chi connectivity index (χ1v) is 19.4. The summed E-state index contributed by atoms with van der Waals surface area (Å²) in [6.45, 7) is 15.2. The molecule has 0 spiro atoms. The summed E-state index contributed by atoms with van der Waals surface area (Å²) in [7, 11) is -1.48. The van der Waals surface area contributed by atoms with Crippen molar-refractivity contribution in [1.29, 1.82) is 0 Å². The van der Waals surface area contributed by atoms with Gasteiger partial charge in [0.1, 0.15) is 5.60 Å². The summed E-state index contributed by atoms with van der Waals surface area (Å²) in [5, 5.41) is 0. The number of benzene rings is 3. The lowest BCUT2D eigenvalue weighted by Crippen LogP contribution is -2.59. The van der Waals surface area contributed by atoms with Crippen LogP contribution in [0.1, 0.15) is 40.1 Å². The molecule has 0 fully saturated rings. The van der Waals surface area contributed by atoms with Crippen LogP contribution in [0, 0.1) is 0 Å². The Balaban J connectivity index is 1.73. The SMILES string of the molecule is CN(c1ccc(C(=O)c2ccccc2)cc1)c1ccc(C(=O)C(C)(C)O[Si](C)(C)[Si](C)(C)C)cc1. The van der Waals surface area contributed by atoms with Gasteiger partial charge in [-0.1, -0.05) is 50.0 Å². The van der Waals surface area contributed by atoms with E-state index >= 15 is 0 Å². The summed E-state index contributed by atoms with van der Waals surface area (Å²) in [5.41, 5.74) is 3.04. The Morgan fingerprint density at radius 2 is 1.11 bits per heavy atom. The van der Waals surface area contributed by atoms with Gasteiger partial charge in [0, 0.05) is 35.1 Å². The predicted molar refractivity (Wildman–Crippen MR) is 151 cm³/mol. The highest BCUT2D eigenvalue weighted by molar-refractivity contribution is 7.37. The molecule has 0 heterocycles. The van der Waals surface area contributed by atoms with Gasteiger partial charge in [0.15, 0.2) is 19.4 Å². The van der Waals surface area contributed by atoms with Gasteiger partial charge in [0.25, 0.3) is 0 Å². The van der Waals surface area contributed by atoms with Gasteiger partial charge in [-0.25, -0.2) is 0 Å². The number of carbonyl (C=O) groups is 2. The molecule has 3 aromatic rings. The van der Waals surface area contributed by atoms with Crippen molar-refractivity contribution in [2.24, 2.45) is 0 Å². The van der Waals surface area contributed by atoms with Crippen LogP contribution in [-0.4, -0.2) is 39.6 Å². The fourth-order valence-electron chi connectivity index (χ4n) is 3.76. The van der Waals surface area contributed by atoms with Crippen LogP contribution in [0.2, 0.25) is 32.7 Å². The molecule has 0 amide bonds. The summed E-state index contributed by atoms with van der Waals surface area (Å²) in [6, 6.07) is 24.5. The molecule has 0 saturated carbocycles.